The molecule has 0 spiro atoms. The van der Waals surface area contributed by atoms with Crippen LogP contribution in [0.5, 0.6) is 0 Å². The van der Waals surface area contributed by atoms with Crippen LogP contribution < -0.4 is 10.9 Å². The number of fused-ring (bicyclic) bond motifs is 1. The number of rotatable bonds is 4. The molecule has 26 heavy (non-hydrogen) atoms. The molecule has 0 heterocycles. The third-order valence-electron chi connectivity index (χ3n) is 3.87. The van der Waals surface area contributed by atoms with Gasteiger partial charge in [0.05, 0.1) is 6.61 Å². The van der Waals surface area contributed by atoms with Gasteiger partial charge in [0.25, 0.3) is 5.91 Å². The highest BCUT2D eigenvalue weighted by molar-refractivity contribution is 6.07. The van der Waals surface area contributed by atoms with E-state index in [-0.39, 0.29) is 18.8 Å². The molecule has 0 atom stereocenters. The lowest BCUT2D eigenvalue weighted by molar-refractivity contribution is 0.0912. The zero-order chi connectivity index (χ0) is 18.4. The Morgan fingerprint density at radius 1 is 0.885 bits per heavy atom. The van der Waals surface area contributed by atoms with Crippen molar-refractivity contribution in [1.29, 1.82) is 0 Å². The number of ether oxygens (including phenoxy) is 1. The highest BCUT2D eigenvalue weighted by atomic mass is 19.1. The van der Waals surface area contributed by atoms with Crippen LogP contribution in [0, 0.1) is 5.82 Å². The fourth-order valence-electron chi connectivity index (χ4n) is 2.59. The number of amides is 2. The lowest BCUT2D eigenvalue weighted by Gasteiger charge is -2.10. The van der Waals surface area contributed by atoms with Gasteiger partial charge in [0.1, 0.15) is 5.82 Å². The summed E-state index contributed by atoms with van der Waals surface area (Å²) in [6.07, 6.45) is -0.563. The Hall–Kier alpha value is -3.41. The second-order valence-corrected chi connectivity index (χ2v) is 5.58. The molecule has 2 N–H and O–H groups in total. The van der Waals surface area contributed by atoms with Crippen molar-refractivity contribution < 1.29 is 18.7 Å². The average Bonchev–Trinajstić information content (AvgIpc) is 2.67. The van der Waals surface area contributed by atoms with Crippen LogP contribution in [0.25, 0.3) is 10.8 Å². The summed E-state index contributed by atoms with van der Waals surface area (Å²) in [5, 5.41) is 1.70. The summed E-state index contributed by atoms with van der Waals surface area (Å²) >= 11 is 0. The third-order valence-corrected chi connectivity index (χ3v) is 3.87. The van der Waals surface area contributed by atoms with Gasteiger partial charge < -0.3 is 4.74 Å². The first-order valence-electron chi connectivity index (χ1n) is 8.09. The van der Waals surface area contributed by atoms with Gasteiger partial charge >= 0.3 is 6.09 Å². The molecule has 0 saturated heterocycles. The number of hydrogen-bond acceptors (Lipinski definition) is 3. The first-order chi connectivity index (χ1) is 12.6. The molecule has 3 rings (SSSR count). The largest absolute Gasteiger partial charge is 0.448 e. The van der Waals surface area contributed by atoms with Crippen LogP contribution in [0.4, 0.5) is 9.18 Å². The van der Waals surface area contributed by atoms with E-state index >= 15 is 0 Å². The number of benzene rings is 3. The summed E-state index contributed by atoms with van der Waals surface area (Å²) in [6, 6.07) is 19.1. The first kappa shape index (κ1) is 17.4. The summed E-state index contributed by atoms with van der Waals surface area (Å²) in [7, 11) is 0. The number of carbonyl (C=O) groups excluding carboxylic acids is 2. The Labute approximate surface area is 149 Å². The highest BCUT2D eigenvalue weighted by Gasteiger charge is 2.11. The summed E-state index contributed by atoms with van der Waals surface area (Å²) < 4.78 is 18.4. The van der Waals surface area contributed by atoms with Crippen molar-refractivity contribution in [3.8, 4) is 0 Å². The van der Waals surface area contributed by atoms with Gasteiger partial charge in [-0.2, -0.15) is 0 Å². The minimum atomic E-state index is -0.810. The van der Waals surface area contributed by atoms with Crippen LogP contribution in [-0.2, 0) is 11.2 Å². The van der Waals surface area contributed by atoms with Gasteiger partial charge in [-0.1, -0.05) is 54.6 Å². The van der Waals surface area contributed by atoms with Crippen molar-refractivity contribution in [2.45, 2.75) is 6.42 Å². The fraction of sp³-hybridized carbons (Fsp3) is 0.100. The van der Waals surface area contributed by atoms with Crippen LogP contribution in [0.2, 0.25) is 0 Å². The number of nitrogens with one attached hydrogen (secondary N) is 2. The van der Waals surface area contributed by atoms with Gasteiger partial charge in [-0.25, -0.2) is 14.6 Å². The molecule has 6 heteroatoms. The van der Waals surface area contributed by atoms with Gasteiger partial charge in [-0.15, -0.1) is 0 Å². The highest BCUT2D eigenvalue weighted by Crippen LogP contribution is 2.18. The second-order valence-electron chi connectivity index (χ2n) is 5.58. The van der Waals surface area contributed by atoms with E-state index in [1.54, 1.807) is 30.3 Å². The van der Waals surface area contributed by atoms with E-state index < -0.39 is 12.0 Å². The molecule has 2 amide bonds. The van der Waals surface area contributed by atoms with Crippen LogP contribution >= 0.6 is 0 Å². The van der Waals surface area contributed by atoms with Crippen LogP contribution in [0.3, 0.4) is 0 Å². The molecule has 5 nitrogen and oxygen atoms in total. The van der Waals surface area contributed by atoms with Gasteiger partial charge in [-0.3, -0.25) is 10.2 Å². The number of hydrazine groups is 1. The average molecular weight is 352 g/mol. The van der Waals surface area contributed by atoms with Crippen molar-refractivity contribution >= 4 is 22.8 Å². The van der Waals surface area contributed by atoms with E-state index in [9.17, 15) is 14.0 Å². The van der Waals surface area contributed by atoms with E-state index in [2.05, 4.69) is 10.9 Å². The molecule has 0 saturated carbocycles. The lowest BCUT2D eigenvalue weighted by Crippen LogP contribution is -2.42. The number of hydrogen-bond donors (Lipinski definition) is 2. The molecular formula is C20H17FN2O3. The molecule has 0 unspecified atom stereocenters. The summed E-state index contributed by atoms with van der Waals surface area (Å²) in [5.41, 5.74) is 5.40. The van der Waals surface area contributed by atoms with Gasteiger partial charge in [0, 0.05) is 12.0 Å². The molecule has 0 aromatic heterocycles. The zero-order valence-corrected chi connectivity index (χ0v) is 13.9. The van der Waals surface area contributed by atoms with Gasteiger partial charge in [-0.05, 0) is 28.5 Å². The van der Waals surface area contributed by atoms with Crippen molar-refractivity contribution in [2.24, 2.45) is 0 Å². The van der Waals surface area contributed by atoms with Crippen LogP contribution in [0.1, 0.15) is 15.9 Å². The topological polar surface area (TPSA) is 67.4 Å². The molecule has 132 valence electrons. The quantitative estimate of drug-likeness (QED) is 0.705. The van der Waals surface area contributed by atoms with Crippen LogP contribution in [-0.4, -0.2) is 18.6 Å². The van der Waals surface area contributed by atoms with E-state index in [0.717, 1.165) is 10.8 Å². The molecule has 0 aliphatic rings. The molecule has 0 aliphatic heterocycles. The molecule has 3 aromatic carbocycles. The summed E-state index contributed by atoms with van der Waals surface area (Å²) in [6.45, 7) is -0.00307. The van der Waals surface area contributed by atoms with Gasteiger partial charge in [0.2, 0.25) is 0 Å². The number of carbonyl (C=O) groups is 2. The molecular weight excluding hydrogens is 335 g/mol. The minimum Gasteiger partial charge on any atom is -0.448 e. The van der Waals surface area contributed by atoms with E-state index in [4.69, 9.17) is 4.74 Å². The SMILES string of the molecule is O=C(NNC(=O)c1cccc2ccccc12)OCCc1ccccc1F. The monoisotopic (exact) mass is 352 g/mol. The van der Waals surface area contributed by atoms with Crippen molar-refractivity contribution in [3.63, 3.8) is 0 Å². The third kappa shape index (κ3) is 4.16. The predicted octanol–water partition coefficient (Wildman–Crippen LogP) is 3.59. The molecule has 0 bridgehead atoms. The van der Waals surface area contributed by atoms with E-state index in [1.165, 1.54) is 6.07 Å². The smallest absolute Gasteiger partial charge is 0.426 e. The first-order valence-corrected chi connectivity index (χ1v) is 8.09. The van der Waals surface area contributed by atoms with Crippen molar-refractivity contribution in [3.05, 3.63) is 83.7 Å². The zero-order valence-electron chi connectivity index (χ0n) is 13.9. The van der Waals surface area contributed by atoms with E-state index in [1.807, 2.05) is 30.3 Å². The molecule has 0 fully saturated rings. The standard InChI is InChI=1S/C20H17FN2O3/c21-18-11-4-2-7-15(18)12-13-26-20(25)23-22-19(24)17-10-5-8-14-6-1-3-9-16(14)17/h1-11H,12-13H2,(H,22,24)(H,23,25). The second kappa shape index (κ2) is 8.11. The molecule has 3 aromatic rings. The molecule has 0 radical (unpaired) electrons. The Bertz CT molecular complexity index is 938. The summed E-state index contributed by atoms with van der Waals surface area (Å²) in [4.78, 5) is 23.9. The predicted molar refractivity (Wildman–Crippen MR) is 96.0 cm³/mol. The lowest BCUT2D eigenvalue weighted by atomic mass is 10.0. The van der Waals surface area contributed by atoms with Crippen molar-refractivity contribution in [1.82, 2.24) is 10.9 Å². The van der Waals surface area contributed by atoms with Crippen LogP contribution in [0.15, 0.2) is 66.7 Å². The maximum Gasteiger partial charge on any atom is 0.426 e. The Balaban J connectivity index is 1.51. The normalized spacial score (nSPS) is 10.3. The Morgan fingerprint density at radius 2 is 1.62 bits per heavy atom. The maximum absolute atomic E-state index is 13.5. The van der Waals surface area contributed by atoms with Gasteiger partial charge in [0.15, 0.2) is 0 Å². The Kier molecular flexibility index (Phi) is 5.43. The minimum absolute atomic E-state index is 0.00307. The summed E-state index contributed by atoms with van der Waals surface area (Å²) in [5.74, 6) is -0.798. The Morgan fingerprint density at radius 3 is 2.46 bits per heavy atom. The fourth-order valence-corrected chi connectivity index (χ4v) is 2.59. The molecule has 0 aliphatic carbocycles. The number of halogens is 1. The van der Waals surface area contributed by atoms with E-state index in [0.29, 0.717) is 11.1 Å². The maximum atomic E-state index is 13.5. The van der Waals surface area contributed by atoms with Crippen molar-refractivity contribution in [2.75, 3.05) is 6.61 Å².